The molecule has 134 valence electrons. The highest BCUT2D eigenvalue weighted by molar-refractivity contribution is 9.10. The number of carbonyl (C=O) groups is 1. The van der Waals surface area contributed by atoms with Crippen LogP contribution in [0.15, 0.2) is 40.9 Å². The Kier molecular flexibility index (Phi) is 7.13. The normalized spacial score (nSPS) is 10.2. The second-order valence-corrected chi connectivity index (χ2v) is 6.05. The summed E-state index contributed by atoms with van der Waals surface area (Å²) >= 11 is 3.51. The summed E-state index contributed by atoms with van der Waals surface area (Å²) in [7, 11) is 1.62. The predicted molar refractivity (Wildman–Crippen MR) is 102 cm³/mol. The van der Waals surface area contributed by atoms with Crippen molar-refractivity contribution in [2.75, 3.05) is 25.6 Å². The molecule has 0 aromatic heterocycles. The third-order valence-corrected chi connectivity index (χ3v) is 4.05. The van der Waals surface area contributed by atoms with Crippen LogP contribution in [0.25, 0.3) is 0 Å². The molecule has 0 unspecified atom stereocenters. The largest absolute Gasteiger partial charge is 0.492 e. The van der Waals surface area contributed by atoms with Crippen molar-refractivity contribution in [3.8, 4) is 11.5 Å². The zero-order valence-corrected chi connectivity index (χ0v) is 16.2. The zero-order valence-electron chi connectivity index (χ0n) is 14.6. The SMILES string of the molecule is CCOC(=O)c1ccc(NCc2cc(Br)c(OC)c(OCC)c2)cc1. The van der Waals surface area contributed by atoms with Crippen LogP contribution >= 0.6 is 15.9 Å². The maximum atomic E-state index is 11.7. The molecule has 6 heteroatoms. The molecule has 0 spiro atoms. The van der Waals surface area contributed by atoms with Crippen molar-refractivity contribution in [1.29, 1.82) is 0 Å². The van der Waals surface area contributed by atoms with Crippen LogP contribution in [-0.2, 0) is 11.3 Å². The number of halogens is 1. The molecule has 2 aromatic carbocycles. The number of hydrogen-bond donors (Lipinski definition) is 1. The minimum absolute atomic E-state index is 0.311. The van der Waals surface area contributed by atoms with Gasteiger partial charge in [0.15, 0.2) is 11.5 Å². The molecule has 0 fully saturated rings. The number of benzene rings is 2. The molecular weight excluding hydrogens is 386 g/mol. The van der Waals surface area contributed by atoms with Crippen molar-refractivity contribution in [3.63, 3.8) is 0 Å². The van der Waals surface area contributed by atoms with Gasteiger partial charge in [0.25, 0.3) is 0 Å². The van der Waals surface area contributed by atoms with Crippen molar-refractivity contribution >= 4 is 27.6 Å². The lowest BCUT2D eigenvalue weighted by Crippen LogP contribution is -2.05. The van der Waals surface area contributed by atoms with Crippen molar-refractivity contribution in [1.82, 2.24) is 0 Å². The summed E-state index contributed by atoms with van der Waals surface area (Å²) in [5.41, 5.74) is 2.50. The van der Waals surface area contributed by atoms with Crippen molar-refractivity contribution in [3.05, 3.63) is 52.0 Å². The quantitative estimate of drug-likeness (QED) is 0.645. The molecule has 5 nitrogen and oxygen atoms in total. The Bertz CT molecular complexity index is 716. The number of methoxy groups -OCH3 is 1. The second kappa shape index (κ2) is 9.32. The van der Waals surface area contributed by atoms with E-state index >= 15 is 0 Å². The van der Waals surface area contributed by atoms with Gasteiger partial charge in [-0.25, -0.2) is 4.79 Å². The van der Waals surface area contributed by atoms with E-state index in [1.54, 1.807) is 26.2 Å². The van der Waals surface area contributed by atoms with Crippen LogP contribution in [-0.4, -0.2) is 26.3 Å². The second-order valence-electron chi connectivity index (χ2n) is 5.19. The average Bonchev–Trinajstić information content (AvgIpc) is 2.61. The summed E-state index contributed by atoms with van der Waals surface area (Å²) in [6, 6.07) is 11.1. The number of hydrogen-bond acceptors (Lipinski definition) is 5. The first-order valence-corrected chi connectivity index (χ1v) is 8.88. The van der Waals surface area contributed by atoms with Gasteiger partial charge in [-0.1, -0.05) is 0 Å². The molecule has 0 radical (unpaired) electrons. The smallest absolute Gasteiger partial charge is 0.338 e. The molecule has 0 heterocycles. The standard InChI is InChI=1S/C19H22BrNO4/c1-4-24-17-11-13(10-16(20)18(17)23-3)12-21-15-8-6-14(7-9-15)19(22)25-5-2/h6-11,21H,4-5,12H2,1-3H3. The molecule has 0 bridgehead atoms. The maximum Gasteiger partial charge on any atom is 0.338 e. The van der Waals surface area contributed by atoms with Gasteiger partial charge < -0.3 is 19.5 Å². The molecule has 0 saturated heterocycles. The molecule has 2 rings (SSSR count). The monoisotopic (exact) mass is 407 g/mol. The molecule has 0 aliphatic heterocycles. The summed E-state index contributed by atoms with van der Waals surface area (Å²) in [4.78, 5) is 11.7. The van der Waals surface area contributed by atoms with Crippen LogP contribution < -0.4 is 14.8 Å². The molecule has 0 aliphatic rings. The lowest BCUT2D eigenvalue weighted by atomic mass is 10.1. The van der Waals surface area contributed by atoms with Gasteiger partial charge in [-0.05, 0) is 71.7 Å². The van der Waals surface area contributed by atoms with E-state index in [4.69, 9.17) is 14.2 Å². The summed E-state index contributed by atoms with van der Waals surface area (Å²) < 4.78 is 16.8. The van der Waals surface area contributed by atoms with Crippen LogP contribution in [0.2, 0.25) is 0 Å². The van der Waals surface area contributed by atoms with Gasteiger partial charge in [-0.3, -0.25) is 0 Å². The van der Waals surface area contributed by atoms with Gasteiger partial charge in [-0.15, -0.1) is 0 Å². The van der Waals surface area contributed by atoms with Crippen LogP contribution in [0.3, 0.4) is 0 Å². The number of carbonyl (C=O) groups excluding carboxylic acids is 1. The zero-order chi connectivity index (χ0) is 18.2. The van der Waals surface area contributed by atoms with Crippen molar-refractivity contribution < 1.29 is 19.0 Å². The highest BCUT2D eigenvalue weighted by Gasteiger charge is 2.11. The fraction of sp³-hybridized carbons (Fsp3) is 0.316. The third-order valence-electron chi connectivity index (χ3n) is 3.47. The minimum atomic E-state index is -0.311. The number of esters is 1. The van der Waals surface area contributed by atoms with E-state index in [0.717, 1.165) is 15.7 Å². The van der Waals surface area contributed by atoms with Gasteiger partial charge >= 0.3 is 5.97 Å². The Balaban J connectivity index is 2.07. The first-order valence-electron chi connectivity index (χ1n) is 8.09. The molecule has 0 amide bonds. The number of rotatable bonds is 8. The molecule has 1 N–H and O–H groups in total. The van der Waals surface area contributed by atoms with Gasteiger partial charge in [0.1, 0.15) is 0 Å². The fourth-order valence-corrected chi connectivity index (χ4v) is 2.98. The molecule has 0 saturated carbocycles. The number of ether oxygens (including phenoxy) is 3. The van der Waals surface area contributed by atoms with Crippen LogP contribution in [0.4, 0.5) is 5.69 Å². The minimum Gasteiger partial charge on any atom is -0.492 e. The summed E-state index contributed by atoms with van der Waals surface area (Å²) in [5, 5.41) is 3.32. The van der Waals surface area contributed by atoms with E-state index in [0.29, 0.717) is 36.8 Å². The molecule has 25 heavy (non-hydrogen) atoms. The van der Waals surface area contributed by atoms with Crippen LogP contribution in [0.5, 0.6) is 11.5 Å². The Hall–Kier alpha value is -2.21. The van der Waals surface area contributed by atoms with Gasteiger partial charge in [-0.2, -0.15) is 0 Å². The average molecular weight is 408 g/mol. The summed E-state index contributed by atoms with van der Waals surface area (Å²) in [5.74, 6) is 1.08. The fourth-order valence-electron chi connectivity index (χ4n) is 2.33. The molecule has 0 aliphatic carbocycles. The van der Waals surface area contributed by atoms with E-state index in [9.17, 15) is 4.79 Å². The number of nitrogens with one attached hydrogen (secondary N) is 1. The Morgan fingerprint density at radius 1 is 1.12 bits per heavy atom. The number of anilines is 1. The molecule has 0 atom stereocenters. The molecule has 2 aromatic rings. The van der Waals surface area contributed by atoms with E-state index in [-0.39, 0.29) is 5.97 Å². The Labute approximate surface area is 156 Å². The maximum absolute atomic E-state index is 11.7. The van der Waals surface area contributed by atoms with E-state index in [2.05, 4.69) is 21.2 Å². The first kappa shape index (κ1) is 19.1. The first-order chi connectivity index (χ1) is 12.1. The van der Waals surface area contributed by atoms with Gasteiger partial charge in [0.05, 0.1) is 30.4 Å². The van der Waals surface area contributed by atoms with E-state index < -0.39 is 0 Å². The third kappa shape index (κ3) is 5.13. The van der Waals surface area contributed by atoms with E-state index in [1.807, 2.05) is 31.2 Å². The molecular formula is C19H22BrNO4. The van der Waals surface area contributed by atoms with Crippen LogP contribution in [0.1, 0.15) is 29.8 Å². The van der Waals surface area contributed by atoms with Crippen molar-refractivity contribution in [2.45, 2.75) is 20.4 Å². The summed E-state index contributed by atoms with van der Waals surface area (Å²) in [6.07, 6.45) is 0. The Morgan fingerprint density at radius 3 is 2.44 bits per heavy atom. The lowest BCUT2D eigenvalue weighted by molar-refractivity contribution is 0.0526. The van der Waals surface area contributed by atoms with E-state index in [1.165, 1.54) is 0 Å². The highest BCUT2D eigenvalue weighted by Crippen LogP contribution is 2.36. The predicted octanol–water partition coefficient (Wildman–Crippen LogP) is 4.65. The lowest BCUT2D eigenvalue weighted by Gasteiger charge is -2.14. The summed E-state index contributed by atoms with van der Waals surface area (Å²) in [6.45, 7) is 5.27. The van der Waals surface area contributed by atoms with Gasteiger partial charge in [0.2, 0.25) is 0 Å². The highest BCUT2D eigenvalue weighted by atomic mass is 79.9. The van der Waals surface area contributed by atoms with Gasteiger partial charge in [0, 0.05) is 12.2 Å². The van der Waals surface area contributed by atoms with Crippen LogP contribution in [0, 0.1) is 0 Å². The topological polar surface area (TPSA) is 56.8 Å². The Morgan fingerprint density at radius 2 is 1.84 bits per heavy atom. The van der Waals surface area contributed by atoms with Crippen molar-refractivity contribution in [2.24, 2.45) is 0 Å².